The highest BCUT2D eigenvalue weighted by atomic mass is 19.1. The maximum atomic E-state index is 13.6. The Kier molecular flexibility index (Phi) is 4.18. The molecule has 2 aliphatic heterocycles. The van der Waals surface area contributed by atoms with E-state index >= 15 is 0 Å². The second-order valence-electron chi connectivity index (χ2n) is 6.44. The lowest BCUT2D eigenvalue weighted by Crippen LogP contribution is -2.44. The zero-order chi connectivity index (χ0) is 14.9. The number of ether oxygens (including phenoxy) is 1. The summed E-state index contributed by atoms with van der Waals surface area (Å²) < 4.78 is 19.9. The molecule has 0 bridgehead atoms. The van der Waals surface area contributed by atoms with Crippen LogP contribution in [0.5, 0.6) is 5.75 Å². The van der Waals surface area contributed by atoms with Gasteiger partial charge in [0.15, 0.2) is 0 Å². The van der Waals surface area contributed by atoms with Gasteiger partial charge in [-0.1, -0.05) is 13.0 Å². The Morgan fingerprint density at radius 3 is 3.05 bits per heavy atom. The van der Waals surface area contributed by atoms with Crippen molar-refractivity contribution in [3.63, 3.8) is 0 Å². The van der Waals surface area contributed by atoms with E-state index in [2.05, 4.69) is 24.2 Å². The Morgan fingerprint density at radius 2 is 2.24 bits per heavy atom. The molecule has 1 saturated heterocycles. The highest BCUT2D eigenvalue weighted by Gasteiger charge is 2.41. The van der Waals surface area contributed by atoms with Crippen LogP contribution in [0, 0.1) is 5.82 Å². The zero-order valence-electron chi connectivity index (χ0n) is 13.0. The van der Waals surface area contributed by atoms with E-state index in [4.69, 9.17) is 4.74 Å². The molecule has 2 unspecified atom stereocenters. The third-order valence-corrected chi connectivity index (χ3v) is 4.83. The van der Waals surface area contributed by atoms with Crippen molar-refractivity contribution in [2.24, 2.45) is 0 Å². The molecule has 1 fully saturated rings. The number of likely N-dealkylation sites (tertiary alicyclic amines) is 1. The largest absolute Gasteiger partial charge is 0.487 e. The van der Waals surface area contributed by atoms with Gasteiger partial charge in [0.2, 0.25) is 0 Å². The summed E-state index contributed by atoms with van der Waals surface area (Å²) in [4.78, 5) is 2.36. The number of hydrogen-bond acceptors (Lipinski definition) is 3. The maximum absolute atomic E-state index is 13.6. The highest BCUT2D eigenvalue weighted by molar-refractivity contribution is 5.39. The molecule has 2 heterocycles. The molecule has 3 nitrogen and oxygen atoms in total. The van der Waals surface area contributed by atoms with Gasteiger partial charge in [-0.3, -0.25) is 0 Å². The first kappa shape index (κ1) is 14.8. The minimum absolute atomic E-state index is 0.140. The number of nitrogens with zero attached hydrogens (tertiary/aromatic N) is 1. The van der Waals surface area contributed by atoms with Gasteiger partial charge >= 0.3 is 0 Å². The number of benzene rings is 1. The van der Waals surface area contributed by atoms with Crippen LogP contribution in [0.25, 0.3) is 0 Å². The summed E-state index contributed by atoms with van der Waals surface area (Å²) in [6, 6.07) is 5.22. The van der Waals surface area contributed by atoms with Crippen molar-refractivity contribution in [2.45, 2.75) is 44.2 Å². The van der Waals surface area contributed by atoms with E-state index in [-0.39, 0.29) is 17.5 Å². The van der Waals surface area contributed by atoms with E-state index in [1.807, 2.05) is 6.07 Å². The molecule has 21 heavy (non-hydrogen) atoms. The van der Waals surface area contributed by atoms with Crippen LogP contribution in [-0.4, -0.2) is 37.2 Å². The van der Waals surface area contributed by atoms with Crippen LogP contribution in [0.4, 0.5) is 4.39 Å². The first-order valence-electron chi connectivity index (χ1n) is 8.02. The maximum Gasteiger partial charge on any atom is 0.127 e. The van der Waals surface area contributed by atoms with Gasteiger partial charge < -0.3 is 15.0 Å². The average molecular weight is 292 g/mol. The minimum Gasteiger partial charge on any atom is -0.487 e. The zero-order valence-corrected chi connectivity index (χ0v) is 13.0. The lowest BCUT2D eigenvalue weighted by Gasteiger charge is -2.42. The molecule has 1 aromatic carbocycles. The molecule has 116 valence electrons. The van der Waals surface area contributed by atoms with Crippen molar-refractivity contribution in [3.05, 3.63) is 29.6 Å². The quantitative estimate of drug-likeness (QED) is 0.906. The van der Waals surface area contributed by atoms with Crippen LogP contribution < -0.4 is 10.1 Å². The summed E-state index contributed by atoms with van der Waals surface area (Å²) in [5, 5.41) is 3.55. The number of fused-ring (bicyclic) bond motifs is 1. The van der Waals surface area contributed by atoms with E-state index in [0.717, 1.165) is 56.6 Å². The summed E-state index contributed by atoms with van der Waals surface area (Å²) in [6.45, 7) is 5.19. The van der Waals surface area contributed by atoms with Crippen molar-refractivity contribution in [3.8, 4) is 5.75 Å². The van der Waals surface area contributed by atoms with Crippen LogP contribution in [0.1, 0.15) is 44.2 Å². The lowest BCUT2D eigenvalue weighted by atomic mass is 9.82. The van der Waals surface area contributed by atoms with E-state index in [1.54, 1.807) is 6.07 Å². The highest BCUT2D eigenvalue weighted by Crippen LogP contribution is 2.44. The van der Waals surface area contributed by atoms with Gasteiger partial charge in [-0.15, -0.1) is 0 Å². The minimum atomic E-state index is -0.216. The second kappa shape index (κ2) is 5.93. The number of nitrogens with one attached hydrogen (secondary N) is 1. The SMILES string of the molecule is CCNC1CC2(CCCN(C)CC2)Oc2cc(F)ccc21. The van der Waals surface area contributed by atoms with Gasteiger partial charge in [-0.05, 0) is 45.5 Å². The smallest absolute Gasteiger partial charge is 0.127 e. The molecule has 0 aromatic heterocycles. The number of halogens is 1. The van der Waals surface area contributed by atoms with Crippen molar-refractivity contribution in [1.82, 2.24) is 10.2 Å². The molecule has 4 heteroatoms. The topological polar surface area (TPSA) is 24.5 Å². The van der Waals surface area contributed by atoms with Crippen LogP contribution in [0.2, 0.25) is 0 Å². The molecule has 1 spiro atoms. The second-order valence-corrected chi connectivity index (χ2v) is 6.44. The summed E-state index contributed by atoms with van der Waals surface area (Å²) >= 11 is 0. The van der Waals surface area contributed by atoms with Crippen LogP contribution in [0.3, 0.4) is 0 Å². The molecule has 0 radical (unpaired) electrons. The van der Waals surface area contributed by atoms with E-state index in [9.17, 15) is 4.39 Å². The number of hydrogen-bond donors (Lipinski definition) is 1. The predicted molar refractivity (Wildman–Crippen MR) is 82.1 cm³/mol. The Bertz CT molecular complexity index is 508. The first-order chi connectivity index (χ1) is 10.1. The monoisotopic (exact) mass is 292 g/mol. The van der Waals surface area contributed by atoms with Crippen LogP contribution >= 0.6 is 0 Å². The fraction of sp³-hybridized carbons (Fsp3) is 0.647. The van der Waals surface area contributed by atoms with Crippen molar-refractivity contribution < 1.29 is 9.13 Å². The molecule has 0 aliphatic carbocycles. The van der Waals surface area contributed by atoms with Crippen molar-refractivity contribution in [2.75, 3.05) is 26.7 Å². The Hall–Kier alpha value is -1.13. The van der Waals surface area contributed by atoms with Gasteiger partial charge in [0.05, 0.1) is 0 Å². The van der Waals surface area contributed by atoms with Gasteiger partial charge in [-0.2, -0.15) is 0 Å². The van der Waals surface area contributed by atoms with Gasteiger partial charge in [-0.25, -0.2) is 4.39 Å². The summed E-state index contributed by atoms with van der Waals surface area (Å²) in [5.74, 6) is 0.517. The predicted octanol–water partition coefficient (Wildman–Crippen LogP) is 3.11. The summed E-state index contributed by atoms with van der Waals surface area (Å²) in [7, 11) is 2.16. The van der Waals surface area contributed by atoms with Crippen LogP contribution in [-0.2, 0) is 0 Å². The molecule has 2 atom stereocenters. The normalized spacial score (nSPS) is 29.8. The van der Waals surface area contributed by atoms with Crippen molar-refractivity contribution >= 4 is 0 Å². The van der Waals surface area contributed by atoms with Gasteiger partial charge in [0, 0.05) is 30.6 Å². The van der Waals surface area contributed by atoms with Crippen LogP contribution in [0.15, 0.2) is 18.2 Å². The Balaban J connectivity index is 1.91. The molecule has 3 rings (SSSR count). The third-order valence-electron chi connectivity index (χ3n) is 4.83. The van der Waals surface area contributed by atoms with Crippen molar-refractivity contribution in [1.29, 1.82) is 0 Å². The molecular weight excluding hydrogens is 267 g/mol. The van der Waals surface area contributed by atoms with Gasteiger partial charge in [0.25, 0.3) is 0 Å². The summed E-state index contributed by atoms with van der Waals surface area (Å²) in [5.41, 5.74) is 0.958. The number of rotatable bonds is 2. The fourth-order valence-electron chi connectivity index (χ4n) is 3.68. The third kappa shape index (κ3) is 3.06. The lowest BCUT2D eigenvalue weighted by molar-refractivity contribution is 0.0170. The van der Waals surface area contributed by atoms with E-state index in [0.29, 0.717) is 0 Å². The first-order valence-corrected chi connectivity index (χ1v) is 8.02. The molecule has 2 aliphatic rings. The molecular formula is C17H25FN2O. The molecule has 1 N–H and O–H groups in total. The Morgan fingerprint density at radius 1 is 1.38 bits per heavy atom. The van der Waals surface area contributed by atoms with E-state index in [1.165, 1.54) is 6.07 Å². The fourth-order valence-corrected chi connectivity index (χ4v) is 3.68. The summed E-state index contributed by atoms with van der Waals surface area (Å²) in [6.07, 6.45) is 4.18. The van der Waals surface area contributed by atoms with E-state index < -0.39 is 0 Å². The standard InChI is InChI=1S/C17H25FN2O/c1-3-19-15-12-17(7-4-9-20(2)10-8-17)21-16-11-13(18)5-6-14(15)16/h5-6,11,15,19H,3-4,7-10,12H2,1-2H3. The average Bonchev–Trinajstić information content (AvgIpc) is 2.61. The molecule has 0 saturated carbocycles. The Labute approximate surface area is 126 Å². The molecule has 0 amide bonds. The molecule has 1 aromatic rings. The van der Waals surface area contributed by atoms with Gasteiger partial charge in [0.1, 0.15) is 17.2 Å².